The predicted octanol–water partition coefficient (Wildman–Crippen LogP) is 1.79. The van der Waals surface area contributed by atoms with Gasteiger partial charge in [0.25, 0.3) is 11.6 Å². The second-order valence-corrected chi connectivity index (χ2v) is 4.95. The lowest BCUT2D eigenvalue weighted by Crippen LogP contribution is -2.50. The van der Waals surface area contributed by atoms with E-state index >= 15 is 0 Å². The molecule has 1 aliphatic rings. The third-order valence-corrected chi connectivity index (χ3v) is 3.51. The van der Waals surface area contributed by atoms with E-state index in [0.29, 0.717) is 13.1 Å². The molecule has 7 nitrogen and oxygen atoms in total. The molecule has 2 rings (SSSR count). The van der Waals surface area contributed by atoms with Crippen LogP contribution in [0.15, 0.2) is 18.2 Å². The van der Waals surface area contributed by atoms with Crippen molar-refractivity contribution in [2.24, 2.45) is 5.92 Å². The first kappa shape index (κ1) is 14.3. The number of likely N-dealkylation sites (tertiary alicyclic amines) is 1. The molecule has 1 heterocycles. The maximum Gasteiger partial charge on any atom is 0.303 e. The number of amides is 1. The van der Waals surface area contributed by atoms with Gasteiger partial charge in [0.05, 0.1) is 16.9 Å². The molecule has 1 fully saturated rings. The highest BCUT2D eigenvalue weighted by Crippen LogP contribution is 2.30. The van der Waals surface area contributed by atoms with Crippen molar-refractivity contribution in [1.82, 2.24) is 4.90 Å². The summed E-state index contributed by atoms with van der Waals surface area (Å²) in [5.41, 5.74) is -0.255. The molecular weight excluding hydrogens is 288 g/mol. The largest absolute Gasteiger partial charge is 0.481 e. The highest BCUT2D eigenvalue weighted by molar-refractivity contribution is 6.35. The van der Waals surface area contributed by atoms with Gasteiger partial charge in [0.15, 0.2) is 0 Å². The van der Waals surface area contributed by atoms with Crippen molar-refractivity contribution in [3.05, 3.63) is 38.9 Å². The summed E-state index contributed by atoms with van der Waals surface area (Å²) < 4.78 is 0. The molecule has 8 heteroatoms. The molecule has 0 saturated carbocycles. The number of nitro benzene ring substituents is 1. The summed E-state index contributed by atoms with van der Waals surface area (Å²) >= 11 is 5.86. The van der Waals surface area contributed by atoms with E-state index in [-0.39, 0.29) is 28.6 Å². The number of rotatable bonds is 4. The molecule has 106 valence electrons. The first-order valence-electron chi connectivity index (χ1n) is 5.84. The van der Waals surface area contributed by atoms with Gasteiger partial charge in [0.2, 0.25) is 0 Å². The molecule has 0 spiro atoms. The first-order chi connectivity index (χ1) is 9.40. The number of nitrogens with zero attached hydrogens (tertiary/aromatic N) is 2. The summed E-state index contributed by atoms with van der Waals surface area (Å²) in [6.07, 6.45) is 0.00640. The van der Waals surface area contributed by atoms with Crippen LogP contribution in [0.5, 0.6) is 0 Å². The molecule has 0 aromatic heterocycles. The Labute approximate surface area is 118 Å². The minimum absolute atomic E-state index is 0.00640. The van der Waals surface area contributed by atoms with Crippen LogP contribution >= 0.6 is 11.6 Å². The van der Waals surface area contributed by atoms with Crippen molar-refractivity contribution in [2.75, 3.05) is 13.1 Å². The maximum absolute atomic E-state index is 12.1. The number of carboxylic acids is 1. The van der Waals surface area contributed by atoms with Crippen LogP contribution in [0, 0.1) is 16.0 Å². The van der Waals surface area contributed by atoms with Crippen LogP contribution in [0.1, 0.15) is 16.8 Å². The molecule has 1 aliphatic heterocycles. The summed E-state index contributed by atoms with van der Waals surface area (Å²) in [7, 11) is 0. The molecular formula is C12H11ClN2O5. The number of carbonyl (C=O) groups excluding carboxylic acids is 1. The third-order valence-electron chi connectivity index (χ3n) is 3.11. The third kappa shape index (κ3) is 2.72. The standard InChI is InChI=1S/C12H11ClN2O5/c13-11-8(2-1-3-9(11)15(19)20)12(18)14-5-7(6-14)4-10(16)17/h1-3,7H,4-6H2,(H,16,17). The summed E-state index contributed by atoms with van der Waals surface area (Å²) in [5.74, 6) is -1.40. The summed E-state index contributed by atoms with van der Waals surface area (Å²) in [5, 5.41) is 19.2. The number of carboxylic acid groups (broad SMARTS) is 1. The van der Waals surface area contributed by atoms with E-state index < -0.39 is 16.8 Å². The molecule has 0 unspecified atom stereocenters. The van der Waals surface area contributed by atoms with Crippen LogP contribution in [-0.2, 0) is 4.79 Å². The van der Waals surface area contributed by atoms with Crippen LogP contribution in [-0.4, -0.2) is 39.9 Å². The highest BCUT2D eigenvalue weighted by Gasteiger charge is 2.34. The Morgan fingerprint density at radius 3 is 2.65 bits per heavy atom. The number of carbonyl (C=O) groups is 2. The fourth-order valence-corrected chi connectivity index (χ4v) is 2.38. The number of hydrogen-bond donors (Lipinski definition) is 1. The zero-order chi connectivity index (χ0) is 14.9. The van der Waals surface area contributed by atoms with Gasteiger partial charge in [-0.25, -0.2) is 0 Å². The van der Waals surface area contributed by atoms with Gasteiger partial charge < -0.3 is 10.0 Å². The lowest BCUT2D eigenvalue weighted by molar-refractivity contribution is -0.384. The van der Waals surface area contributed by atoms with E-state index in [4.69, 9.17) is 16.7 Å². The van der Waals surface area contributed by atoms with Crippen molar-refractivity contribution >= 4 is 29.2 Å². The van der Waals surface area contributed by atoms with E-state index in [0.717, 1.165) is 0 Å². The van der Waals surface area contributed by atoms with E-state index in [9.17, 15) is 19.7 Å². The van der Waals surface area contributed by atoms with Crippen LogP contribution in [0.2, 0.25) is 5.02 Å². The van der Waals surface area contributed by atoms with E-state index in [1.54, 1.807) is 0 Å². The van der Waals surface area contributed by atoms with Crippen LogP contribution in [0.3, 0.4) is 0 Å². The van der Waals surface area contributed by atoms with Gasteiger partial charge in [-0.3, -0.25) is 19.7 Å². The Kier molecular flexibility index (Phi) is 3.89. The first-order valence-corrected chi connectivity index (χ1v) is 6.22. The minimum atomic E-state index is -0.907. The normalized spacial score (nSPS) is 14.8. The van der Waals surface area contributed by atoms with Crippen molar-refractivity contribution in [3.8, 4) is 0 Å². The average molecular weight is 299 g/mol. The molecule has 0 bridgehead atoms. The van der Waals surface area contributed by atoms with Gasteiger partial charge in [-0.1, -0.05) is 17.7 Å². The van der Waals surface area contributed by atoms with Crippen LogP contribution in [0.4, 0.5) is 5.69 Å². The number of nitro groups is 1. The SMILES string of the molecule is O=C(O)CC1CN(C(=O)c2cccc([N+](=O)[O-])c2Cl)C1. The van der Waals surface area contributed by atoms with Gasteiger partial charge in [0, 0.05) is 25.1 Å². The molecule has 0 radical (unpaired) electrons. The molecule has 20 heavy (non-hydrogen) atoms. The Morgan fingerprint density at radius 1 is 1.45 bits per heavy atom. The Morgan fingerprint density at radius 2 is 2.10 bits per heavy atom. The van der Waals surface area contributed by atoms with Gasteiger partial charge in [-0.2, -0.15) is 0 Å². The fraction of sp³-hybridized carbons (Fsp3) is 0.333. The molecule has 1 aromatic rings. The summed E-state index contributed by atoms with van der Waals surface area (Å²) in [6, 6.07) is 4.04. The zero-order valence-corrected chi connectivity index (χ0v) is 11.0. The maximum atomic E-state index is 12.1. The molecule has 1 aromatic carbocycles. The summed E-state index contributed by atoms with van der Waals surface area (Å²) in [4.78, 5) is 34.2. The van der Waals surface area contributed by atoms with Crippen molar-refractivity contribution in [2.45, 2.75) is 6.42 Å². The highest BCUT2D eigenvalue weighted by atomic mass is 35.5. The second-order valence-electron chi connectivity index (χ2n) is 4.57. The predicted molar refractivity (Wildman–Crippen MR) is 69.8 cm³/mol. The summed E-state index contributed by atoms with van der Waals surface area (Å²) in [6.45, 7) is 0.647. The smallest absolute Gasteiger partial charge is 0.303 e. The van der Waals surface area contributed by atoms with Crippen LogP contribution in [0.25, 0.3) is 0 Å². The Hall–Kier alpha value is -2.15. The lowest BCUT2D eigenvalue weighted by atomic mass is 9.95. The molecule has 0 atom stereocenters. The van der Waals surface area contributed by atoms with Gasteiger partial charge in [-0.15, -0.1) is 0 Å². The Bertz CT molecular complexity index is 583. The number of aliphatic carboxylic acids is 1. The van der Waals surface area contributed by atoms with E-state index in [1.165, 1.54) is 23.1 Å². The number of halogens is 1. The van der Waals surface area contributed by atoms with Crippen LogP contribution < -0.4 is 0 Å². The van der Waals surface area contributed by atoms with E-state index in [1.807, 2.05) is 0 Å². The lowest BCUT2D eigenvalue weighted by Gasteiger charge is -2.38. The molecule has 1 saturated heterocycles. The van der Waals surface area contributed by atoms with Crippen molar-refractivity contribution < 1.29 is 19.6 Å². The quantitative estimate of drug-likeness (QED) is 0.674. The zero-order valence-electron chi connectivity index (χ0n) is 10.3. The van der Waals surface area contributed by atoms with Gasteiger partial charge >= 0.3 is 5.97 Å². The number of benzene rings is 1. The van der Waals surface area contributed by atoms with E-state index in [2.05, 4.69) is 0 Å². The fourth-order valence-electron chi connectivity index (χ4n) is 2.11. The monoisotopic (exact) mass is 298 g/mol. The van der Waals surface area contributed by atoms with Gasteiger partial charge in [-0.05, 0) is 6.07 Å². The average Bonchev–Trinajstić information content (AvgIpc) is 2.32. The van der Waals surface area contributed by atoms with Gasteiger partial charge in [0.1, 0.15) is 5.02 Å². The minimum Gasteiger partial charge on any atom is -0.481 e. The molecule has 0 aliphatic carbocycles. The second kappa shape index (κ2) is 5.46. The van der Waals surface area contributed by atoms with Crippen molar-refractivity contribution in [1.29, 1.82) is 0 Å². The Balaban J connectivity index is 2.10. The topological polar surface area (TPSA) is 101 Å². The molecule has 1 amide bonds. The number of hydrogen-bond acceptors (Lipinski definition) is 4. The molecule has 1 N–H and O–H groups in total. The van der Waals surface area contributed by atoms with Crippen molar-refractivity contribution in [3.63, 3.8) is 0 Å².